The zero-order valence-corrected chi connectivity index (χ0v) is 17.7. The number of thiophene rings is 1. The maximum atomic E-state index is 12.2. The number of amides is 1. The number of hydrogen-bond donors (Lipinski definition) is 3. The van der Waals surface area contributed by atoms with Crippen LogP contribution in [0.3, 0.4) is 0 Å². The summed E-state index contributed by atoms with van der Waals surface area (Å²) < 4.78 is 0. The van der Waals surface area contributed by atoms with Gasteiger partial charge in [0.15, 0.2) is 0 Å². The molecule has 1 aromatic heterocycles. The van der Waals surface area contributed by atoms with Crippen molar-refractivity contribution in [3.05, 3.63) is 56.7 Å². The van der Waals surface area contributed by atoms with Gasteiger partial charge in [0.2, 0.25) is 0 Å². The van der Waals surface area contributed by atoms with Crippen LogP contribution in [0.4, 0.5) is 0 Å². The Balaban J connectivity index is 0.000000438. The van der Waals surface area contributed by atoms with Gasteiger partial charge in [-0.2, -0.15) is 0 Å². The fourth-order valence-corrected chi connectivity index (χ4v) is 4.54. The van der Waals surface area contributed by atoms with Gasteiger partial charge in [0.1, 0.15) is 0 Å². The number of rotatable bonds is 4. The first-order valence-electron chi connectivity index (χ1n) is 9.03. The van der Waals surface area contributed by atoms with E-state index in [9.17, 15) is 4.79 Å². The van der Waals surface area contributed by atoms with E-state index in [-0.39, 0.29) is 5.91 Å². The molecule has 1 aliphatic rings. The summed E-state index contributed by atoms with van der Waals surface area (Å²) in [5, 5.41) is 20.4. The molecule has 0 bridgehead atoms. The predicted molar refractivity (Wildman–Crippen MR) is 112 cm³/mol. The van der Waals surface area contributed by atoms with E-state index in [2.05, 4.69) is 35.5 Å². The minimum atomic E-state index is -1.82. The lowest BCUT2D eigenvalue weighted by Crippen LogP contribution is -2.44. The maximum Gasteiger partial charge on any atom is 0.414 e. The summed E-state index contributed by atoms with van der Waals surface area (Å²) in [6, 6.07) is 10.3. The maximum absolute atomic E-state index is 12.2. The van der Waals surface area contributed by atoms with Gasteiger partial charge in [0.25, 0.3) is 5.91 Å². The van der Waals surface area contributed by atoms with Crippen molar-refractivity contribution in [2.24, 2.45) is 0 Å². The molecular formula is C20H23ClN2O5S. The molecule has 0 spiro atoms. The van der Waals surface area contributed by atoms with Crippen molar-refractivity contribution in [2.75, 3.05) is 13.1 Å². The molecule has 0 saturated heterocycles. The van der Waals surface area contributed by atoms with Gasteiger partial charge in [-0.25, -0.2) is 9.59 Å². The van der Waals surface area contributed by atoms with Gasteiger partial charge in [0, 0.05) is 30.1 Å². The van der Waals surface area contributed by atoms with Gasteiger partial charge in [0.05, 0.1) is 10.6 Å². The first kappa shape index (κ1) is 22.9. The van der Waals surface area contributed by atoms with Crippen molar-refractivity contribution in [1.82, 2.24) is 10.2 Å². The number of hydrogen-bond acceptors (Lipinski definition) is 5. The second kappa shape index (κ2) is 10.4. The summed E-state index contributed by atoms with van der Waals surface area (Å²) in [7, 11) is 0. The molecule has 0 fully saturated rings. The fourth-order valence-electron chi connectivity index (χ4n) is 3.30. The van der Waals surface area contributed by atoms with Crippen LogP contribution in [0.25, 0.3) is 0 Å². The zero-order chi connectivity index (χ0) is 21.6. The van der Waals surface area contributed by atoms with Crippen molar-refractivity contribution < 1.29 is 24.6 Å². The molecule has 0 saturated carbocycles. The quantitative estimate of drug-likeness (QED) is 0.632. The number of aliphatic carboxylic acids is 2. The summed E-state index contributed by atoms with van der Waals surface area (Å²) in [5.74, 6) is -3.75. The molecule has 7 nitrogen and oxygen atoms in total. The van der Waals surface area contributed by atoms with Crippen molar-refractivity contribution in [3.8, 4) is 0 Å². The highest BCUT2D eigenvalue weighted by molar-refractivity contribution is 7.10. The van der Waals surface area contributed by atoms with Gasteiger partial charge < -0.3 is 15.5 Å². The zero-order valence-electron chi connectivity index (χ0n) is 16.1. The summed E-state index contributed by atoms with van der Waals surface area (Å²) in [6.07, 6.45) is 1.08. The topological polar surface area (TPSA) is 107 Å². The van der Waals surface area contributed by atoms with Crippen molar-refractivity contribution in [3.63, 3.8) is 0 Å². The Morgan fingerprint density at radius 3 is 2.45 bits per heavy atom. The summed E-state index contributed by atoms with van der Waals surface area (Å²) in [4.78, 5) is 34.3. The van der Waals surface area contributed by atoms with E-state index in [4.69, 9.17) is 31.4 Å². The Morgan fingerprint density at radius 2 is 1.83 bits per heavy atom. The monoisotopic (exact) mass is 438 g/mol. The lowest BCUT2D eigenvalue weighted by atomic mass is 9.97. The average molecular weight is 439 g/mol. The van der Waals surface area contributed by atoms with Crippen LogP contribution in [-0.2, 0) is 16.0 Å². The standard InChI is InChI=1S/C18H21ClN2OS.C2H2O4/c1-12-11-14-7-10-23-17(14)13(2)21(12)9-8-20-18(22)15-5-3-4-6-16(15)19;3-1(4)2(5)6/h3-7,10,12-13H,8-9,11H2,1-2H3,(H,20,22);(H,3,4)(H,5,6)/t12-,13+;/m1./s1. The molecule has 1 aromatic carbocycles. The number of fused-ring (bicyclic) bond motifs is 1. The first-order chi connectivity index (χ1) is 13.7. The van der Waals surface area contributed by atoms with Crippen LogP contribution in [0.5, 0.6) is 0 Å². The molecule has 1 amide bonds. The van der Waals surface area contributed by atoms with Gasteiger partial charge >= 0.3 is 11.9 Å². The molecule has 156 valence electrons. The Morgan fingerprint density at radius 1 is 1.17 bits per heavy atom. The average Bonchev–Trinajstić information content (AvgIpc) is 3.13. The SMILES string of the molecule is C[C@@H]1Cc2ccsc2[C@H](C)N1CCNC(=O)c1ccccc1Cl.O=C(O)C(=O)O. The van der Waals surface area contributed by atoms with E-state index in [0.717, 1.165) is 13.0 Å². The molecule has 9 heteroatoms. The Hall–Kier alpha value is -2.42. The molecule has 2 atom stereocenters. The van der Waals surface area contributed by atoms with Crippen molar-refractivity contribution in [1.29, 1.82) is 0 Å². The molecule has 2 aromatic rings. The van der Waals surface area contributed by atoms with Gasteiger partial charge in [-0.3, -0.25) is 9.69 Å². The Bertz CT molecular complexity index is 873. The third-order valence-corrected chi connectivity index (χ3v) is 6.16. The van der Waals surface area contributed by atoms with Crippen LogP contribution in [0.15, 0.2) is 35.7 Å². The van der Waals surface area contributed by atoms with Crippen LogP contribution in [0, 0.1) is 0 Å². The van der Waals surface area contributed by atoms with Crippen LogP contribution in [0.1, 0.15) is 40.7 Å². The van der Waals surface area contributed by atoms with Gasteiger partial charge in [-0.15, -0.1) is 11.3 Å². The third kappa shape index (κ3) is 6.03. The number of benzene rings is 1. The number of carbonyl (C=O) groups is 3. The number of carboxylic acid groups (broad SMARTS) is 2. The minimum absolute atomic E-state index is 0.107. The smallest absolute Gasteiger partial charge is 0.414 e. The summed E-state index contributed by atoms with van der Waals surface area (Å²) >= 11 is 7.90. The van der Waals surface area contributed by atoms with Gasteiger partial charge in [-0.1, -0.05) is 23.7 Å². The van der Waals surface area contributed by atoms with E-state index in [1.165, 1.54) is 10.4 Å². The molecule has 0 radical (unpaired) electrons. The van der Waals surface area contributed by atoms with Crippen molar-refractivity contribution >= 4 is 40.8 Å². The van der Waals surface area contributed by atoms with E-state index in [1.807, 2.05) is 23.5 Å². The Kier molecular flexibility index (Phi) is 8.19. The molecule has 0 unspecified atom stereocenters. The summed E-state index contributed by atoms with van der Waals surface area (Å²) in [6.45, 7) is 5.98. The van der Waals surface area contributed by atoms with Crippen molar-refractivity contribution in [2.45, 2.75) is 32.4 Å². The van der Waals surface area contributed by atoms with Crippen LogP contribution >= 0.6 is 22.9 Å². The number of nitrogens with zero attached hydrogens (tertiary/aromatic N) is 1. The lowest BCUT2D eigenvalue weighted by molar-refractivity contribution is -0.159. The van der Waals surface area contributed by atoms with Crippen LogP contribution in [0.2, 0.25) is 5.02 Å². The van der Waals surface area contributed by atoms with E-state index in [1.54, 1.807) is 12.1 Å². The third-order valence-electron chi connectivity index (χ3n) is 4.70. The first-order valence-corrected chi connectivity index (χ1v) is 10.3. The van der Waals surface area contributed by atoms with E-state index >= 15 is 0 Å². The minimum Gasteiger partial charge on any atom is -0.473 e. The number of nitrogens with one attached hydrogen (secondary N) is 1. The second-order valence-corrected chi connectivity index (χ2v) is 7.98. The summed E-state index contributed by atoms with van der Waals surface area (Å²) in [5.41, 5.74) is 2.01. The lowest BCUT2D eigenvalue weighted by Gasteiger charge is -2.38. The number of halogens is 1. The predicted octanol–water partition coefficient (Wildman–Crippen LogP) is 3.29. The number of carbonyl (C=O) groups excluding carboxylic acids is 1. The molecule has 0 aliphatic carbocycles. The molecule has 29 heavy (non-hydrogen) atoms. The van der Waals surface area contributed by atoms with E-state index < -0.39 is 11.9 Å². The fraction of sp³-hybridized carbons (Fsp3) is 0.350. The van der Waals surface area contributed by atoms with Crippen LogP contribution in [-0.4, -0.2) is 52.1 Å². The van der Waals surface area contributed by atoms with Crippen LogP contribution < -0.4 is 5.32 Å². The normalized spacial score (nSPS) is 18.2. The highest BCUT2D eigenvalue weighted by Crippen LogP contribution is 2.35. The Labute approximate surface area is 177 Å². The molecule has 2 heterocycles. The van der Waals surface area contributed by atoms with Gasteiger partial charge in [-0.05, 0) is 49.4 Å². The molecule has 3 N–H and O–H groups in total. The largest absolute Gasteiger partial charge is 0.473 e. The number of carboxylic acids is 2. The highest BCUT2D eigenvalue weighted by Gasteiger charge is 2.29. The highest BCUT2D eigenvalue weighted by atomic mass is 35.5. The molecular weight excluding hydrogens is 416 g/mol. The van der Waals surface area contributed by atoms with E-state index in [0.29, 0.717) is 29.2 Å². The second-order valence-electron chi connectivity index (χ2n) is 6.62. The molecule has 1 aliphatic heterocycles. The molecule has 3 rings (SSSR count).